The molecule has 2 atom stereocenters. The van der Waals surface area contributed by atoms with Gasteiger partial charge in [-0.2, -0.15) is 0 Å². The van der Waals surface area contributed by atoms with Gasteiger partial charge < -0.3 is 5.11 Å². The van der Waals surface area contributed by atoms with Gasteiger partial charge in [0.05, 0.1) is 6.10 Å². The Labute approximate surface area is 96.9 Å². The lowest BCUT2D eigenvalue weighted by atomic mass is 10.0. The summed E-state index contributed by atoms with van der Waals surface area (Å²) in [5.74, 6) is 1.49. The monoisotopic (exact) mass is 224 g/mol. The number of aliphatic hydroxyl groups excluding tert-OH is 1. The van der Waals surface area contributed by atoms with Crippen LogP contribution in [0, 0.1) is 5.92 Å². The Bertz CT molecular complexity index is 260. The predicted octanol–water partition coefficient (Wildman–Crippen LogP) is 3.58. The van der Waals surface area contributed by atoms with E-state index in [2.05, 4.69) is 31.2 Å². The van der Waals surface area contributed by atoms with Crippen molar-refractivity contribution in [1.82, 2.24) is 0 Å². The lowest BCUT2D eigenvalue weighted by Crippen LogP contribution is -2.16. The zero-order chi connectivity index (χ0) is 11.1. The average Bonchev–Trinajstić information content (AvgIpc) is 2.29. The molecule has 1 rings (SSSR count). The van der Waals surface area contributed by atoms with Crippen LogP contribution in [-0.2, 0) is 0 Å². The van der Waals surface area contributed by atoms with Crippen molar-refractivity contribution in [3.8, 4) is 0 Å². The van der Waals surface area contributed by atoms with Crippen molar-refractivity contribution in [2.24, 2.45) is 5.92 Å². The van der Waals surface area contributed by atoms with E-state index in [1.54, 1.807) is 0 Å². The van der Waals surface area contributed by atoms with Gasteiger partial charge in [-0.1, -0.05) is 32.0 Å². The minimum atomic E-state index is -0.138. The number of benzene rings is 1. The Hall–Kier alpha value is -0.470. The molecule has 0 amide bonds. The fraction of sp³-hybridized carbons (Fsp3) is 0.538. The summed E-state index contributed by atoms with van der Waals surface area (Å²) in [5.41, 5.74) is 0. The first-order valence-corrected chi connectivity index (χ1v) is 6.58. The summed E-state index contributed by atoms with van der Waals surface area (Å²) >= 11 is 1.87. The number of rotatable bonds is 6. The standard InChI is InChI=1S/C13H20OS/c1-3-13(14)11(2)9-10-15-12-7-5-4-6-8-12/h4-8,11,13-14H,3,9-10H2,1-2H3. The van der Waals surface area contributed by atoms with Crippen molar-refractivity contribution in [1.29, 1.82) is 0 Å². The Balaban J connectivity index is 2.22. The molecular weight excluding hydrogens is 204 g/mol. The van der Waals surface area contributed by atoms with Crippen LogP contribution >= 0.6 is 11.8 Å². The van der Waals surface area contributed by atoms with E-state index >= 15 is 0 Å². The van der Waals surface area contributed by atoms with Gasteiger partial charge in [0.2, 0.25) is 0 Å². The molecule has 0 bridgehead atoms. The maximum absolute atomic E-state index is 9.61. The van der Waals surface area contributed by atoms with Crippen molar-refractivity contribution in [3.05, 3.63) is 30.3 Å². The Morgan fingerprint density at radius 2 is 1.93 bits per heavy atom. The van der Waals surface area contributed by atoms with Gasteiger partial charge in [0.25, 0.3) is 0 Å². The van der Waals surface area contributed by atoms with Crippen LogP contribution in [0.1, 0.15) is 26.7 Å². The third-order valence-electron chi connectivity index (χ3n) is 2.66. The van der Waals surface area contributed by atoms with E-state index in [1.807, 2.05) is 24.8 Å². The summed E-state index contributed by atoms with van der Waals surface area (Å²) in [6.07, 6.45) is 1.80. The number of hydrogen-bond acceptors (Lipinski definition) is 2. The second-order valence-corrected chi connectivity index (χ2v) is 5.07. The van der Waals surface area contributed by atoms with Gasteiger partial charge in [-0.3, -0.25) is 0 Å². The van der Waals surface area contributed by atoms with Gasteiger partial charge in [-0.25, -0.2) is 0 Å². The molecule has 0 radical (unpaired) electrons. The molecule has 0 spiro atoms. The summed E-state index contributed by atoms with van der Waals surface area (Å²) in [6.45, 7) is 4.16. The fourth-order valence-electron chi connectivity index (χ4n) is 1.47. The van der Waals surface area contributed by atoms with Gasteiger partial charge in [-0.15, -0.1) is 11.8 Å². The molecule has 0 aliphatic rings. The van der Waals surface area contributed by atoms with Crippen LogP contribution in [0.2, 0.25) is 0 Å². The molecular formula is C13H20OS. The van der Waals surface area contributed by atoms with Gasteiger partial charge in [-0.05, 0) is 36.6 Å². The lowest BCUT2D eigenvalue weighted by molar-refractivity contribution is 0.111. The van der Waals surface area contributed by atoms with Gasteiger partial charge in [0, 0.05) is 4.90 Å². The first-order valence-electron chi connectivity index (χ1n) is 5.60. The second-order valence-electron chi connectivity index (χ2n) is 3.90. The topological polar surface area (TPSA) is 20.2 Å². The van der Waals surface area contributed by atoms with Gasteiger partial charge >= 0.3 is 0 Å². The molecule has 2 unspecified atom stereocenters. The largest absolute Gasteiger partial charge is 0.393 e. The van der Waals surface area contributed by atoms with Crippen molar-refractivity contribution < 1.29 is 5.11 Å². The number of hydrogen-bond donors (Lipinski definition) is 1. The third-order valence-corrected chi connectivity index (χ3v) is 3.71. The SMILES string of the molecule is CCC(O)C(C)CCSc1ccccc1. The summed E-state index contributed by atoms with van der Waals surface area (Å²) < 4.78 is 0. The normalized spacial score (nSPS) is 14.9. The van der Waals surface area contributed by atoms with Gasteiger partial charge in [0.15, 0.2) is 0 Å². The number of thioether (sulfide) groups is 1. The van der Waals surface area contributed by atoms with Crippen LogP contribution in [0.25, 0.3) is 0 Å². The molecule has 1 aromatic rings. The molecule has 0 aliphatic heterocycles. The highest BCUT2D eigenvalue weighted by atomic mass is 32.2. The first-order chi connectivity index (χ1) is 7.24. The van der Waals surface area contributed by atoms with E-state index in [9.17, 15) is 5.11 Å². The molecule has 0 saturated heterocycles. The summed E-state index contributed by atoms with van der Waals surface area (Å²) in [6, 6.07) is 10.4. The first kappa shape index (κ1) is 12.6. The summed E-state index contributed by atoms with van der Waals surface area (Å²) in [4.78, 5) is 1.32. The molecule has 1 aromatic carbocycles. The molecule has 2 heteroatoms. The average molecular weight is 224 g/mol. The highest BCUT2D eigenvalue weighted by Gasteiger charge is 2.11. The van der Waals surface area contributed by atoms with Crippen LogP contribution in [0.4, 0.5) is 0 Å². The van der Waals surface area contributed by atoms with Gasteiger partial charge in [0.1, 0.15) is 0 Å². The zero-order valence-corrected chi connectivity index (χ0v) is 10.3. The minimum absolute atomic E-state index is 0.138. The van der Waals surface area contributed by atoms with E-state index < -0.39 is 0 Å². The highest BCUT2D eigenvalue weighted by Crippen LogP contribution is 2.21. The molecule has 0 fully saturated rings. The highest BCUT2D eigenvalue weighted by molar-refractivity contribution is 7.99. The molecule has 1 nitrogen and oxygen atoms in total. The minimum Gasteiger partial charge on any atom is -0.393 e. The lowest BCUT2D eigenvalue weighted by Gasteiger charge is -2.16. The van der Waals surface area contributed by atoms with E-state index in [0.29, 0.717) is 5.92 Å². The Morgan fingerprint density at radius 1 is 1.27 bits per heavy atom. The van der Waals surface area contributed by atoms with Crippen LogP contribution < -0.4 is 0 Å². The molecule has 1 N–H and O–H groups in total. The van der Waals surface area contributed by atoms with Crippen LogP contribution in [0.15, 0.2) is 35.2 Å². The van der Waals surface area contributed by atoms with Crippen LogP contribution in [-0.4, -0.2) is 17.0 Å². The number of aliphatic hydroxyl groups is 1. The van der Waals surface area contributed by atoms with E-state index in [0.717, 1.165) is 18.6 Å². The molecule has 0 heterocycles. The van der Waals surface area contributed by atoms with Crippen LogP contribution in [0.3, 0.4) is 0 Å². The molecule has 84 valence electrons. The van der Waals surface area contributed by atoms with Crippen LogP contribution in [0.5, 0.6) is 0 Å². The van der Waals surface area contributed by atoms with E-state index in [-0.39, 0.29) is 6.10 Å². The van der Waals surface area contributed by atoms with Crippen molar-refractivity contribution in [2.75, 3.05) is 5.75 Å². The Kier molecular flexibility index (Phi) is 5.81. The van der Waals surface area contributed by atoms with Crippen molar-refractivity contribution >= 4 is 11.8 Å². The quantitative estimate of drug-likeness (QED) is 0.745. The second kappa shape index (κ2) is 6.91. The van der Waals surface area contributed by atoms with Crippen molar-refractivity contribution in [2.45, 2.75) is 37.7 Å². The van der Waals surface area contributed by atoms with E-state index in [4.69, 9.17) is 0 Å². The smallest absolute Gasteiger partial charge is 0.0563 e. The fourth-order valence-corrected chi connectivity index (χ4v) is 2.55. The maximum Gasteiger partial charge on any atom is 0.0563 e. The maximum atomic E-state index is 9.61. The molecule has 15 heavy (non-hydrogen) atoms. The van der Waals surface area contributed by atoms with E-state index in [1.165, 1.54) is 4.90 Å². The zero-order valence-electron chi connectivity index (χ0n) is 9.52. The third kappa shape index (κ3) is 4.72. The molecule has 0 aliphatic carbocycles. The van der Waals surface area contributed by atoms with Crippen molar-refractivity contribution in [3.63, 3.8) is 0 Å². The Morgan fingerprint density at radius 3 is 2.53 bits per heavy atom. The molecule has 0 aromatic heterocycles. The molecule has 0 saturated carbocycles. The summed E-state index contributed by atoms with van der Waals surface area (Å²) in [5, 5.41) is 9.61. The summed E-state index contributed by atoms with van der Waals surface area (Å²) in [7, 11) is 0. The predicted molar refractivity (Wildman–Crippen MR) is 67.2 cm³/mol.